The second-order valence-electron chi connectivity index (χ2n) is 7.42. The molecule has 24 heavy (non-hydrogen) atoms. The lowest BCUT2D eigenvalue weighted by atomic mass is 9.93. The second kappa shape index (κ2) is 7.64. The highest BCUT2D eigenvalue weighted by molar-refractivity contribution is 5.79. The lowest BCUT2D eigenvalue weighted by Gasteiger charge is -2.38. The van der Waals surface area contributed by atoms with Gasteiger partial charge in [-0.1, -0.05) is 19.0 Å². The highest BCUT2D eigenvalue weighted by Crippen LogP contribution is 2.28. The molecule has 2 atom stereocenters. The monoisotopic (exact) mass is 334 g/mol. The number of hydrogen-bond donors (Lipinski definition) is 0. The maximum absolute atomic E-state index is 12.9. The molecule has 0 N–H and O–H groups in total. The lowest BCUT2D eigenvalue weighted by molar-refractivity contribution is -0.139. The quantitative estimate of drug-likeness (QED) is 0.847. The van der Waals surface area contributed by atoms with E-state index in [1.165, 1.54) is 0 Å². The molecular formula is C18H30N4O2. The van der Waals surface area contributed by atoms with Crippen molar-refractivity contribution >= 4 is 5.91 Å². The Morgan fingerprint density at radius 1 is 1.29 bits per heavy atom. The van der Waals surface area contributed by atoms with Crippen LogP contribution in [-0.4, -0.2) is 52.0 Å². The first kappa shape index (κ1) is 17.4. The molecule has 6 heteroatoms. The highest BCUT2D eigenvalue weighted by Gasteiger charge is 2.33. The molecule has 2 aliphatic heterocycles. The SMILES string of the molecule is CCc1noc(C(C)N2CCCC(C(=O)N3CCC(C)CC3)C2)n1. The molecule has 2 fully saturated rings. The van der Waals surface area contributed by atoms with E-state index in [4.69, 9.17) is 4.52 Å². The summed E-state index contributed by atoms with van der Waals surface area (Å²) in [6.45, 7) is 10.0. The van der Waals surface area contributed by atoms with E-state index in [1.807, 2.05) is 6.92 Å². The number of hydrogen-bond acceptors (Lipinski definition) is 5. The molecule has 2 aliphatic rings. The van der Waals surface area contributed by atoms with Gasteiger partial charge in [0.15, 0.2) is 5.82 Å². The average Bonchev–Trinajstić information content (AvgIpc) is 3.10. The zero-order chi connectivity index (χ0) is 17.1. The van der Waals surface area contributed by atoms with E-state index in [-0.39, 0.29) is 12.0 Å². The molecule has 6 nitrogen and oxygen atoms in total. The Morgan fingerprint density at radius 3 is 2.71 bits per heavy atom. The van der Waals surface area contributed by atoms with E-state index in [2.05, 4.69) is 33.8 Å². The van der Waals surface area contributed by atoms with E-state index >= 15 is 0 Å². The molecule has 0 aliphatic carbocycles. The maximum Gasteiger partial charge on any atom is 0.243 e. The third kappa shape index (κ3) is 3.79. The number of aromatic nitrogens is 2. The second-order valence-corrected chi connectivity index (χ2v) is 7.42. The van der Waals surface area contributed by atoms with Crippen molar-refractivity contribution in [3.8, 4) is 0 Å². The Hall–Kier alpha value is -1.43. The van der Waals surface area contributed by atoms with Crippen molar-refractivity contribution in [3.05, 3.63) is 11.7 Å². The van der Waals surface area contributed by atoms with Gasteiger partial charge in [0.05, 0.1) is 12.0 Å². The Balaban J connectivity index is 1.60. The summed E-state index contributed by atoms with van der Waals surface area (Å²) in [5.41, 5.74) is 0. The number of rotatable bonds is 4. The standard InChI is InChI=1S/C18H30N4O2/c1-4-16-19-17(24-20-16)14(3)22-9-5-6-15(12-22)18(23)21-10-7-13(2)8-11-21/h13-15H,4-12H2,1-3H3. The minimum absolute atomic E-state index is 0.0785. The van der Waals surface area contributed by atoms with Crippen LogP contribution in [0.1, 0.15) is 64.2 Å². The third-order valence-electron chi connectivity index (χ3n) is 5.60. The molecule has 1 aromatic rings. The number of piperidine rings is 2. The largest absolute Gasteiger partial charge is 0.342 e. The number of likely N-dealkylation sites (tertiary alicyclic amines) is 2. The van der Waals surface area contributed by atoms with Gasteiger partial charge in [-0.25, -0.2) is 0 Å². The summed E-state index contributed by atoms with van der Waals surface area (Å²) >= 11 is 0. The van der Waals surface area contributed by atoms with E-state index in [1.54, 1.807) is 0 Å². The zero-order valence-electron chi connectivity index (χ0n) is 15.2. The van der Waals surface area contributed by atoms with Crippen molar-refractivity contribution in [2.45, 2.75) is 58.9 Å². The van der Waals surface area contributed by atoms with Gasteiger partial charge in [0.25, 0.3) is 0 Å². The van der Waals surface area contributed by atoms with Crippen molar-refractivity contribution in [2.75, 3.05) is 26.2 Å². The number of aryl methyl sites for hydroxylation is 1. The number of amides is 1. The average molecular weight is 334 g/mol. The van der Waals surface area contributed by atoms with Crippen molar-refractivity contribution in [2.24, 2.45) is 11.8 Å². The Bertz CT molecular complexity index is 551. The molecule has 0 bridgehead atoms. The summed E-state index contributed by atoms with van der Waals surface area (Å²) in [6, 6.07) is 0.0785. The first-order valence-electron chi connectivity index (χ1n) is 9.43. The van der Waals surface area contributed by atoms with Crippen LogP contribution in [0.25, 0.3) is 0 Å². The van der Waals surface area contributed by atoms with Gasteiger partial charge >= 0.3 is 0 Å². The van der Waals surface area contributed by atoms with Crippen LogP contribution in [0.5, 0.6) is 0 Å². The van der Waals surface area contributed by atoms with Crippen LogP contribution in [-0.2, 0) is 11.2 Å². The number of carbonyl (C=O) groups is 1. The topological polar surface area (TPSA) is 62.5 Å². The predicted octanol–water partition coefficient (Wildman–Crippen LogP) is 2.66. The van der Waals surface area contributed by atoms with Crippen molar-refractivity contribution < 1.29 is 9.32 Å². The van der Waals surface area contributed by atoms with Crippen molar-refractivity contribution in [3.63, 3.8) is 0 Å². The summed E-state index contributed by atoms with van der Waals surface area (Å²) in [7, 11) is 0. The maximum atomic E-state index is 12.9. The summed E-state index contributed by atoms with van der Waals surface area (Å²) in [5.74, 6) is 2.64. The smallest absolute Gasteiger partial charge is 0.243 e. The van der Waals surface area contributed by atoms with Gasteiger partial charge in [-0.2, -0.15) is 4.98 Å². The van der Waals surface area contributed by atoms with Gasteiger partial charge in [-0.05, 0) is 45.1 Å². The van der Waals surface area contributed by atoms with Crippen molar-refractivity contribution in [1.29, 1.82) is 0 Å². The fourth-order valence-electron chi connectivity index (χ4n) is 3.78. The zero-order valence-corrected chi connectivity index (χ0v) is 15.2. The normalized spacial score (nSPS) is 25.0. The minimum atomic E-state index is 0.0785. The summed E-state index contributed by atoms with van der Waals surface area (Å²) in [5, 5.41) is 4.00. The molecule has 2 unspecified atom stereocenters. The van der Waals surface area contributed by atoms with E-state index < -0.39 is 0 Å². The van der Waals surface area contributed by atoms with Crippen LogP contribution in [0.4, 0.5) is 0 Å². The molecule has 134 valence electrons. The number of carbonyl (C=O) groups excluding carboxylic acids is 1. The van der Waals surface area contributed by atoms with Crippen LogP contribution in [0.3, 0.4) is 0 Å². The van der Waals surface area contributed by atoms with Gasteiger partial charge in [0.1, 0.15) is 0 Å². The van der Waals surface area contributed by atoms with Gasteiger partial charge in [-0.3, -0.25) is 9.69 Å². The molecule has 1 amide bonds. The van der Waals surface area contributed by atoms with E-state index in [9.17, 15) is 4.79 Å². The van der Waals surface area contributed by atoms with Crippen molar-refractivity contribution in [1.82, 2.24) is 19.9 Å². The minimum Gasteiger partial charge on any atom is -0.342 e. The molecule has 2 saturated heterocycles. The molecule has 0 saturated carbocycles. The van der Waals surface area contributed by atoms with Crippen LogP contribution in [0.15, 0.2) is 4.52 Å². The molecule has 0 radical (unpaired) electrons. The van der Waals surface area contributed by atoms with E-state index in [0.29, 0.717) is 11.8 Å². The van der Waals surface area contributed by atoms with Crippen LogP contribution in [0.2, 0.25) is 0 Å². The lowest BCUT2D eigenvalue weighted by Crippen LogP contribution is -2.47. The van der Waals surface area contributed by atoms with Crippen LogP contribution in [0, 0.1) is 11.8 Å². The van der Waals surface area contributed by atoms with Gasteiger partial charge < -0.3 is 9.42 Å². The van der Waals surface area contributed by atoms with Gasteiger partial charge in [-0.15, -0.1) is 0 Å². The molecule has 0 spiro atoms. The summed E-state index contributed by atoms with van der Waals surface area (Å²) in [4.78, 5) is 21.7. The van der Waals surface area contributed by atoms with E-state index in [0.717, 1.165) is 70.0 Å². The highest BCUT2D eigenvalue weighted by atomic mass is 16.5. The first-order chi connectivity index (χ1) is 11.6. The molecular weight excluding hydrogens is 304 g/mol. The Labute approximate surface area is 144 Å². The summed E-state index contributed by atoms with van der Waals surface area (Å²) < 4.78 is 5.40. The fourth-order valence-corrected chi connectivity index (χ4v) is 3.78. The van der Waals surface area contributed by atoms with Crippen LogP contribution < -0.4 is 0 Å². The Kier molecular flexibility index (Phi) is 5.54. The summed E-state index contributed by atoms with van der Waals surface area (Å²) in [6.07, 6.45) is 5.11. The molecule has 3 rings (SSSR count). The Morgan fingerprint density at radius 2 is 2.04 bits per heavy atom. The molecule has 0 aromatic carbocycles. The molecule has 3 heterocycles. The first-order valence-corrected chi connectivity index (χ1v) is 9.43. The number of nitrogens with zero attached hydrogens (tertiary/aromatic N) is 4. The van der Waals surface area contributed by atoms with Gasteiger partial charge in [0, 0.05) is 26.1 Å². The fraction of sp³-hybridized carbons (Fsp3) is 0.833. The third-order valence-corrected chi connectivity index (χ3v) is 5.60. The molecule has 1 aromatic heterocycles. The predicted molar refractivity (Wildman–Crippen MR) is 91.4 cm³/mol. The van der Waals surface area contributed by atoms with Gasteiger partial charge in [0.2, 0.25) is 11.8 Å². The van der Waals surface area contributed by atoms with Crippen LogP contribution >= 0.6 is 0 Å².